The number of pyridine rings is 1. The van der Waals surface area contributed by atoms with E-state index in [0.29, 0.717) is 6.42 Å². The Morgan fingerprint density at radius 1 is 1.45 bits per heavy atom. The summed E-state index contributed by atoms with van der Waals surface area (Å²) in [5.41, 5.74) is 8.06. The van der Waals surface area contributed by atoms with Crippen molar-refractivity contribution in [2.24, 2.45) is 5.73 Å². The number of piperidine rings is 1. The molecule has 1 saturated heterocycles. The maximum absolute atomic E-state index is 12.2. The van der Waals surface area contributed by atoms with Crippen molar-refractivity contribution in [2.75, 3.05) is 6.54 Å². The van der Waals surface area contributed by atoms with Crippen molar-refractivity contribution in [3.8, 4) is 0 Å². The van der Waals surface area contributed by atoms with E-state index >= 15 is 0 Å². The van der Waals surface area contributed by atoms with E-state index in [1.54, 1.807) is 0 Å². The summed E-state index contributed by atoms with van der Waals surface area (Å²) in [4.78, 5) is 18.7. The van der Waals surface area contributed by atoms with E-state index in [-0.39, 0.29) is 18.0 Å². The van der Waals surface area contributed by atoms with Gasteiger partial charge in [0, 0.05) is 31.4 Å². The normalized spacial score (nSPS) is 23.5. The fourth-order valence-electron chi connectivity index (χ4n) is 2.96. The van der Waals surface area contributed by atoms with E-state index < -0.39 is 0 Å². The predicted octanol–water partition coefficient (Wildman–Crippen LogP) is 1.74. The lowest BCUT2D eigenvalue weighted by atomic mass is 9.94. The monoisotopic (exact) mass is 272 g/mol. The first-order chi connectivity index (χ1) is 9.70. The first-order valence-electron chi connectivity index (χ1n) is 7.19. The molecule has 5 heteroatoms. The average molecular weight is 272 g/mol. The summed E-state index contributed by atoms with van der Waals surface area (Å²) in [6.45, 7) is 2.82. The number of aromatic nitrogens is 2. The van der Waals surface area contributed by atoms with Gasteiger partial charge in [0.1, 0.15) is 5.65 Å². The minimum atomic E-state index is -0.101. The molecule has 1 aliphatic heterocycles. The molecule has 106 valence electrons. The molecule has 0 saturated carbocycles. The lowest BCUT2D eigenvalue weighted by Crippen LogP contribution is -2.49. The van der Waals surface area contributed by atoms with Crippen LogP contribution in [0.15, 0.2) is 30.6 Å². The number of carbonyl (C=O) groups excluding carboxylic acids is 1. The van der Waals surface area contributed by atoms with Gasteiger partial charge < -0.3 is 15.0 Å². The van der Waals surface area contributed by atoms with Crippen molar-refractivity contribution in [1.82, 2.24) is 14.3 Å². The molecule has 3 rings (SSSR count). The van der Waals surface area contributed by atoms with Crippen molar-refractivity contribution in [1.29, 1.82) is 0 Å². The number of imidazole rings is 1. The van der Waals surface area contributed by atoms with Gasteiger partial charge in [0.25, 0.3) is 0 Å². The van der Waals surface area contributed by atoms with E-state index in [2.05, 4.69) is 11.9 Å². The first kappa shape index (κ1) is 13.1. The van der Waals surface area contributed by atoms with Gasteiger partial charge in [-0.2, -0.15) is 0 Å². The number of rotatable bonds is 3. The minimum Gasteiger partial charge on any atom is -0.332 e. The number of nitrogens with two attached hydrogens (primary N) is 1. The topological polar surface area (TPSA) is 63.6 Å². The standard InChI is InChI=1S/C15H20N4O/c1-2-8-19-14(20)7-6-11(16)15(19)12-10-18-9-4-3-5-13(18)17-12/h3-5,9-11,15H,2,6-8,16H2,1H3. The first-order valence-corrected chi connectivity index (χ1v) is 7.19. The Bertz CT molecular complexity index is 588. The van der Waals surface area contributed by atoms with Crippen molar-refractivity contribution >= 4 is 11.6 Å². The molecule has 2 aromatic rings. The van der Waals surface area contributed by atoms with Crippen molar-refractivity contribution in [2.45, 2.75) is 38.3 Å². The molecule has 2 aromatic heterocycles. The van der Waals surface area contributed by atoms with Crippen LogP contribution in [0.3, 0.4) is 0 Å². The van der Waals surface area contributed by atoms with Crippen molar-refractivity contribution in [3.63, 3.8) is 0 Å². The minimum absolute atomic E-state index is 0.0378. The molecule has 3 heterocycles. The number of amides is 1. The second kappa shape index (κ2) is 5.25. The van der Waals surface area contributed by atoms with Gasteiger partial charge in [0.05, 0.1) is 11.7 Å². The fraction of sp³-hybridized carbons (Fsp3) is 0.467. The molecule has 20 heavy (non-hydrogen) atoms. The van der Waals surface area contributed by atoms with Gasteiger partial charge in [0.2, 0.25) is 5.91 Å². The zero-order valence-corrected chi connectivity index (χ0v) is 11.7. The Morgan fingerprint density at radius 3 is 3.05 bits per heavy atom. The van der Waals surface area contributed by atoms with E-state index in [0.717, 1.165) is 30.7 Å². The Labute approximate surface area is 118 Å². The highest BCUT2D eigenvalue weighted by atomic mass is 16.2. The molecule has 5 nitrogen and oxygen atoms in total. The van der Waals surface area contributed by atoms with Gasteiger partial charge in [-0.1, -0.05) is 13.0 Å². The van der Waals surface area contributed by atoms with Crippen molar-refractivity contribution in [3.05, 3.63) is 36.3 Å². The number of fused-ring (bicyclic) bond motifs is 1. The average Bonchev–Trinajstić information content (AvgIpc) is 2.86. The van der Waals surface area contributed by atoms with Crippen LogP contribution in [-0.2, 0) is 4.79 Å². The lowest BCUT2D eigenvalue weighted by molar-refractivity contribution is -0.137. The van der Waals surface area contributed by atoms with Crippen LogP contribution < -0.4 is 5.73 Å². The van der Waals surface area contributed by atoms with Crippen LogP contribution in [0.5, 0.6) is 0 Å². The summed E-state index contributed by atoms with van der Waals surface area (Å²) in [6.07, 6.45) is 6.16. The molecular formula is C15H20N4O. The highest BCUT2D eigenvalue weighted by Crippen LogP contribution is 2.30. The van der Waals surface area contributed by atoms with Crippen LogP contribution in [0.25, 0.3) is 5.65 Å². The molecule has 2 unspecified atom stereocenters. The number of likely N-dealkylation sites (tertiary alicyclic amines) is 1. The number of hydrogen-bond donors (Lipinski definition) is 1. The summed E-state index contributed by atoms with van der Waals surface area (Å²) in [5.74, 6) is 0.190. The largest absolute Gasteiger partial charge is 0.332 e. The molecule has 0 aromatic carbocycles. The molecule has 1 fully saturated rings. The number of carbonyl (C=O) groups is 1. The molecule has 0 aliphatic carbocycles. The molecule has 0 radical (unpaired) electrons. The molecule has 0 spiro atoms. The molecule has 0 bridgehead atoms. The third kappa shape index (κ3) is 2.18. The molecular weight excluding hydrogens is 252 g/mol. The summed E-state index contributed by atoms with van der Waals surface area (Å²) >= 11 is 0. The lowest BCUT2D eigenvalue weighted by Gasteiger charge is -2.38. The molecule has 2 N–H and O–H groups in total. The van der Waals surface area contributed by atoms with E-state index in [4.69, 9.17) is 5.73 Å². The highest BCUT2D eigenvalue weighted by molar-refractivity contribution is 5.77. The van der Waals surface area contributed by atoms with Gasteiger partial charge in [-0.05, 0) is 25.0 Å². The van der Waals surface area contributed by atoms with Crippen LogP contribution in [0.4, 0.5) is 0 Å². The van der Waals surface area contributed by atoms with Crippen LogP contribution in [-0.4, -0.2) is 32.8 Å². The Balaban J connectivity index is 2.01. The molecule has 1 amide bonds. The van der Waals surface area contributed by atoms with Gasteiger partial charge in [-0.25, -0.2) is 4.98 Å². The van der Waals surface area contributed by atoms with Crippen LogP contribution in [0.2, 0.25) is 0 Å². The number of hydrogen-bond acceptors (Lipinski definition) is 3. The van der Waals surface area contributed by atoms with E-state index in [1.807, 2.05) is 39.9 Å². The Morgan fingerprint density at radius 2 is 2.30 bits per heavy atom. The Hall–Kier alpha value is -1.88. The Kier molecular flexibility index (Phi) is 3.44. The summed E-state index contributed by atoms with van der Waals surface area (Å²) in [6, 6.07) is 5.75. The van der Waals surface area contributed by atoms with Gasteiger partial charge >= 0.3 is 0 Å². The van der Waals surface area contributed by atoms with Gasteiger partial charge in [-0.3, -0.25) is 4.79 Å². The smallest absolute Gasteiger partial charge is 0.223 e. The third-order valence-electron chi connectivity index (χ3n) is 3.90. The van der Waals surface area contributed by atoms with Crippen molar-refractivity contribution < 1.29 is 4.79 Å². The maximum atomic E-state index is 12.2. The second-order valence-electron chi connectivity index (χ2n) is 5.37. The SMILES string of the molecule is CCCN1C(=O)CCC(N)C1c1cn2ccccc2n1. The van der Waals surface area contributed by atoms with Crippen LogP contribution in [0, 0.1) is 0 Å². The summed E-state index contributed by atoms with van der Waals surface area (Å²) in [7, 11) is 0. The summed E-state index contributed by atoms with van der Waals surface area (Å²) in [5, 5.41) is 0. The van der Waals surface area contributed by atoms with Crippen LogP contribution in [0.1, 0.15) is 37.9 Å². The second-order valence-corrected chi connectivity index (χ2v) is 5.37. The molecule has 1 aliphatic rings. The quantitative estimate of drug-likeness (QED) is 0.925. The van der Waals surface area contributed by atoms with Gasteiger partial charge in [0.15, 0.2) is 0 Å². The van der Waals surface area contributed by atoms with E-state index in [1.165, 1.54) is 0 Å². The zero-order chi connectivity index (χ0) is 14.1. The van der Waals surface area contributed by atoms with Gasteiger partial charge in [-0.15, -0.1) is 0 Å². The highest BCUT2D eigenvalue weighted by Gasteiger charge is 2.35. The predicted molar refractivity (Wildman–Crippen MR) is 77.1 cm³/mol. The van der Waals surface area contributed by atoms with E-state index in [9.17, 15) is 4.79 Å². The fourth-order valence-corrected chi connectivity index (χ4v) is 2.96. The molecule has 2 atom stereocenters. The summed E-state index contributed by atoms with van der Waals surface area (Å²) < 4.78 is 1.98. The third-order valence-corrected chi connectivity index (χ3v) is 3.90. The zero-order valence-electron chi connectivity index (χ0n) is 11.7. The maximum Gasteiger partial charge on any atom is 0.223 e. The number of nitrogens with zero attached hydrogens (tertiary/aromatic N) is 3. The van der Waals surface area contributed by atoms with Crippen LogP contribution >= 0.6 is 0 Å².